The summed E-state index contributed by atoms with van der Waals surface area (Å²) >= 11 is 0. The molecule has 1 N–H and O–H groups in total. The number of nitrogens with zero attached hydrogens (tertiary/aromatic N) is 6. The minimum atomic E-state index is -0.354. The van der Waals surface area contributed by atoms with Crippen LogP contribution in [0.2, 0.25) is 0 Å². The van der Waals surface area contributed by atoms with E-state index in [1.165, 1.54) is 11.3 Å². The number of H-pyrrole nitrogens is 1. The Kier molecular flexibility index (Phi) is 6.72. The van der Waals surface area contributed by atoms with E-state index < -0.39 is 0 Å². The number of aromatic nitrogens is 5. The SMILES string of the molecule is CCc1ccc2[nH]c(=O)c(C(c3nnnn3CC3CCCO3)N3CCN(c4ccccc4)CC3)cc2c1. The van der Waals surface area contributed by atoms with Crippen LogP contribution in [-0.2, 0) is 17.7 Å². The van der Waals surface area contributed by atoms with Gasteiger partial charge in [-0.1, -0.05) is 31.2 Å². The van der Waals surface area contributed by atoms with E-state index in [1.54, 1.807) is 0 Å². The number of nitrogens with one attached hydrogen (secondary N) is 1. The molecular formula is C28H33N7O2. The third-order valence-corrected chi connectivity index (χ3v) is 7.65. The first-order valence-corrected chi connectivity index (χ1v) is 13.3. The average Bonchev–Trinajstić information content (AvgIpc) is 3.63. The maximum absolute atomic E-state index is 13.5. The Labute approximate surface area is 216 Å². The first-order valence-electron chi connectivity index (χ1n) is 13.3. The van der Waals surface area contributed by atoms with Crippen molar-refractivity contribution in [3.63, 3.8) is 0 Å². The van der Waals surface area contributed by atoms with E-state index in [1.807, 2.05) is 22.9 Å². The van der Waals surface area contributed by atoms with Crippen molar-refractivity contribution in [3.8, 4) is 0 Å². The molecular weight excluding hydrogens is 466 g/mol. The lowest BCUT2D eigenvalue weighted by atomic mass is 10.0. The van der Waals surface area contributed by atoms with E-state index in [0.717, 1.165) is 63.0 Å². The molecule has 9 nitrogen and oxygen atoms in total. The zero-order valence-corrected chi connectivity index (χ0v) is 21.2. The molecule has 2 aromatic heterocycles. The van der Waals surface area contributed by atoms with Crippen molar-refractivity contribution in [2.45, 2.75) is 44.9 Å². The third kappa shape index (κ3) is 4.89. The highest BCUT2D eigenvalue weighted by molar-refractivity contribution is 5.80. The molecule has 4 aromatic rings. The molecule has 9 heteroatoms. The van der Waals surface area contributed by atoms with Crippen LogP contribution in [0.25, 0.3) is 10.9 Å². The Morgan fingerprint density at radius 1 is 1.08 bits per heavy atom. The molecule has 2 aliphatic heterocycles. The lowest BCUT2D eigenvalue weighted by Crippen LogP contribution is -2.49. The largest absolute Gasteiger partial charge is 0.376 e. The van der Waals surface area contributed by atoms with Crippen LogP contribution in [0.5, 0.6) is 0 Å². The number of piperazine rings is 1. The van der Waals surface area contributed by atoms with Gasteiger partial charge in [-0.2, -0.15) is 0 Å². The molecule has 4 heterocycles. The molecule has 0 saturated carbocycles. The summed E-state index contributed by atoms with van der Waals surface area (Å²) in [6.07, 6.45) is 3.09. The second-order valence-corrected chi connectivity index (χ2v) is 9.94. The standard InChI is InChI=1S/C28H33N7O2/c1-2-20-10-11-25-21(17-20)18-24(28(36)29-25)26(27-30-31-32-35(27)19-23-9-6-16-37-23)34-14-12-33(13-15-34)22-7-4-3-5-8-22/h3-5,7-8,10-11,17-18,23,26H,2,6,9,12-16,19H2,1H3,(H,29,36). The molecule has 0 bridgehead atoms. The second kappa shape index (κ2) is 10.4. The Hall–Kier alpha value is -3.56. The van der Waals surface area contributed by atoms with E-state index >= 15 is 0 Å². The van der Waals surface area contributed by atoms with E-state index in [0.29, 0.717) is 17.9 Å². The number of anilines is 1. The summed E-state index contributed by atoms with van der Waals surface area (Å²) in [4.78, 5) is 21.4. The normalized spacial score (nSPS) is 19.5. The zero-order chi connectivity index (χ0) is 25.2. The van der Waals surface area contributed by atoms with Crippen LogP contribution < -0.4 is 10.5 Å². The van der Waals surface area contributed by atoms with Gasteiger partial charge in [0.2, 0.25) is 0 Å². The smallest absolute Gasteiger partial charge is 0.253 e. The minimum absolute atomic E-state index is 0.0971. The van der Waals surface area contributed by atoms with Crippen LogP contribution in [0.1, 0.15) is 42.8 Å². The molecule has 37 heavy (non-hydrogen) atoms. The number of hydrogen-bond donors (Lipinski definition) is 1. The number of tetrazole rings is 1. The van der Waals surface area contributed by atoms with Crippen molar-refractivity contribution in [1.29, 1.82) is 0 Å². The fraction of sp³-hybridized carbons (Fsp3) is 0.429. The highest BCUT2D eigenvalue weighted by atomic mass is 16.5. The van der Waals surface area contributed by atoms with Crippen molar-refractivity contribution < 1.29 is 4.74 Å². The fourth-order valence-electron chi connectivity index (χ4n) is 5.59. The van der Waals surface area contributed by atoms with Gasteiger partial charge in [0, 0.05) is 49.6 Å². The molecule has 2 aliphatic rings. The number of pyridine rings is 1. The van der Waals surface area contributed by atoms with E-state index in [2.05, 4.69) is 73.6 Å². The first kappa shape index (κ1) is 23.8. The lowest BCUT2D eigenvalue weighted by molar-refractivity contribution is 0.0906. The fourth-order valence-corrected chi connectivity index (χ4v) is 5.59. The molecule has 2 saturated heterocycles. The number of benzene rings is 2. The molecule has 0 spiro atoms. The van der Waals surface area contributed by atoms with Gasteiger partial charge in [0.15, 0.2) is 5.82 Å². The maximum Gasteiger partial charge on any atom is 0.253 e. The molecule has 2 fully saturated rings. The summed E-state index contributed by atoms with van der Waals surface area (Å²) in [6, 6.07) is 18.4. The van der Waals surface area contributed by atoms with Crippen molar-refractivity contribution in [2.24, 2.45) is 0 Å². The number of hydrogen-bond acceptors (Lipinski definition) is 7. The summed E-state index contributed by atoms with van der Waals surface area (Å²) in [6.45, 7) is 6.81. The van der Waals surface area contributed by atoms with Crippen LogP contribution >= 0.6 is 0 Å². The zero-order valence-electron chi connectivity index (χ0n) is 21.2. The Balaban J connectivity index is 1.38. The third-order valence-electron chi connectivity index (χ3n) is 7.65. The van der Waals surface area contributed by atoms with Crippen molar-refractivity contribution in [2.75, 3.05) is 37.7 Å². The number of para-hydroxylation sites is 1. The highest BCUT2D eigenvalue weighted by Gasteiger charge is 2.33. The molecule has 0 radical (unpaired) electrons. The van der Waals surface area contributed by atoms with Crippen LogP contribution in [0, 0.1) is 0 Å². The van der Waals surface area contributed by atoms with E-state index in [4.69, 9.17) is 4.74 Å². The molecule has 0 aliphatic carbocycles. The van der Waals surface area contributed by atoms with Gasteiger partial charge in [-0.25, -0.2) is 4.68 Å². The predicted octanol–water partition coefficient (Wildman–Crippen LogP) is 3.17. The number of ether oxygens (including phenoxy) is 1. The van der Waals surface area contributed by atoms with E-state index in [9.17, 15) is 4.79 Å². The summed E-state index contributed by atoms with van der Waals surface area (Å²) in [5.74, 6) is 0.695. The average molecular weight is 500 g/mol. The van der Waals surface area contributed by atoms with Gasteiger partial charge in [0.05, 0.1) is 12.6 Å². The second-order valence-electron chi connectivity index (χ2n) is 9.94. The number of fused-ring (bicyclic) bond motifs is 1. The quantitative estimate of drug-likeness (QED) is 0.418. The lowest BCUT2D eigenvalue weighted by Gasteiger charge is -2.39. The van der Waals surface area contributed by atoms with Gasteiger partial charge in [-0.3, -0.25) is 9.69 Å². The topological polar surface area (TPSA) is 92.2 Å². The van der Waals surface area contributed by atoms with Crippen molar-refractivity contribution in [1.82, 2.24) is 30.1 Å². The van der Waals surface area contributed by atoms with Crippen LogP contribution in [0.15, 0.2) is 59.4 Å². The summed E-state index contributed by atoms with van der Waals surface area (Å²) in [5.41, 5.74) is 3.88. The monoisotopic (exact) mass is 499 g/mol. The van der Waals surface area contributed by atoms with E-state index in [-0.39, 0.29) is 17.7 Å². The summed E-state index contributed by atoms with van der Waals surface area (Å²) < 4.78 is 7.72. The van der Waals surface area contributed by atoms with Gasteiger partial charge in [-0.15, -0.1) is 5.10 Å². The first-order chi connectivity index (χ1) is 18.2. The highest BCUT2D eigenvalue weighted by Crippen LogP contribution is 2.29. The van der Waals surface area contributed by atoms with Crippen molar-refractivity contribution >= 4 is 16.6 Å². The van der Waals surface area contributed by atoms with Gasteiger partial charge in [0.25, 0.3) is 5.56 Å². The number of aromatic amines is 1. The van der Waals surface area contributed by atoms with Gasteiger partial charge in [0.1, 0.15) is 6.04 Å². The Morgan fingerprint density at radius 2 is 1.92 bits per heavy atom. The predicted molar refractivity (Wildman–Crippen MR) is 143 cm³/mol. The van der Waals surface area contributed by atoms with Crippen LogP contribution in [-0.4, -0.2) is 69.0 Å². The van der Waals surface area contributed by atoms with Crippen molar-refractivity contribution in [3.05, 3.63) is 81.9 Å². The minimum Gasteiger partial charge on any atom is -0.376 e. The van der Waals surface area contributed by atoms with Crippen LogP contribution in [0.4, 0.5) is 5.69 Å². The van der Waals surface area contributed by atoms with Gasteiger partial charge in [-0.05, 0) is 71.0 Å². The Morgan fingerprint density at radius 3 is 2.68 bits per heavy atom. The Bertz CT molecular complexity index is 1400. The van der Waals surface area contributed by atoms with Gasteiger partial charge < -0.3 is 14.6 Å². The summed E-state index contributed by atoms with van der Waals surface area (Å²) in [5, 5.41) is 13.9. The molecule has 2 aromatic carbocycles. The number of aryl methyl sites for hydroxylation is 1. The number of rotatable bonds is 7. The van der Waals surface area contributed by atoms with Gasteiger partial charge >= 0.3 is 0 Å². The summed E-state index contributed by atoms with van der Waals surface area (Å²) in [7, 11) is 0. The maximum atomic E-state index is 13.5. The van der Waals surface area contributed by atoms with Crippen LogP contribution in [0.3, 0.4) is 0 Å². The molecule has 6 rings (SSSR count). The molecule has 2 unspecified atom stereocenters. The molecule has 192 valence electrons. The molecule has 0 amide bonds. The molecule has 2 atom stereocenters.